The van der Waals surface area contributed by atoms with Gasteiger partial charge in [-0.3, -0.25) is 0 Å². The van der Waals surface area contributed by atoms with Crippen LogP contribution in [-0.2, 0) is 14.3 Å². The van der Waals surface area contributed by atoms with Gasteiger partial charge in [0.2, 0.25) is 0 Å². The van der Waals surface area contributed by atoms with Gasteiger partial charge in [-0.15, -0.1) is 0 Å². The van der Waals surface area contributed by atoms with Crippen LogP contribution in [0, 0.1) is 11.3 Å². The van der Waals surface area contributed by atoms with Crippen LogP contribution in [0.1, 0.15) is 11.1 Å². The first kappa shape index (κ1) is 21.3. The van der Waals surface area contributed by atoms with Crippen molar-refractivity contribution in [2.75, 3.05) is 21.3 Å². The summed E-state index contributed by atoms with van der Waals surface area (Å²) in [6.45, 7) is 0. The molecule has 0 radical (unpaired) electrons. The fourth-order valence-corrected chi connectivity index (χ4v) is 2.29. The first-order valence-electron chi connectivity index (χ1n) is 8.42. The summed E-state index contributed by atoms with van der Waals surface area (Å²) in [6.07, 6.45) is 4.25. The van der Waals surface area contributed by atoms with Crippen LogP contribution in [0.2, 0.25) is 0 Å². The molecule has 0 aliphatic rings. The molecule has 2 aromatic carbocycles. The van der Waals surface area contributed by atoms with E-state index in [9.17, 15) is 9.59 Å². The Bertz CT molecular complexity index is 983. The molecule has 0 unspecified atom stereocenters. The highest BCUT2D eigenvalue weighted by Crippen LogP contribution is 2.29. The summed E-state index contributed by atoms with van der Waals surface area (Å²) in [7, 11) is 4.18. The fourth-order valence-electron chi connectivity index (χ4n) is 2.29. The lowest BCUT2D eigenvalue weighted by Crippen LogP contribution is -2.05. The van der Waals surface area contributed by atoms with Crippen LogP contribution < -0.4 is 14.2 Å². The largest absolute Gasteiger partial charge is 0.497 e. The van der Waals surface area contributed by atoms with Gasteiger partial charge in [0.15, 0.2) is 11.5 Å². The molecule has 2 aromatic rings. The summed E-state index contributed by atoms with van der Waals surface area (Å²) < 4.78 is 20.2. The molecule has 0 saturated heterocycles. The second-order valence-electron chi connectivity index (χ2n) is 5.60. The second kappa shape index (κ2) is 10.3. The summed E-state index contributed by atoms with van der Waals surface area (Å²) in [5.74, 6) is -0.145. The highest BCUT2D eigenvalue weighted by molar-refractivity contribution is 5.98. The van der Waals surface area contributed by atoms with Crippen LogP contribution in [0.25, 0.3) is 12.2 Å². The van der Waals surface area contributed by atoms with Crippen molar-refractivity contribution in [2.45, 2.75) is 0 Å². The van der Waals surface area contributed by atoms with E-state index in [4.69, 9.17) is 19.5 Å². The molecule has 29 heavy (non-hydrogen) atoms. The Morgan fingerprint density at radius 2 is 1.62 bits per heavy atom. The smallest absolute Gasteiger partial charge is 0.348 e. The number of nitriles is 1. The Hall–Kier alpha value is -4.05. The van der Waals surface area contributed by atoms with Gasteiger partial charge in [0.05, 0.1) is 21.3 Å². The highest BCUT2D eigenvalue weighted by Gasteiger charge is 2.12. The second-order valence-corrected chi connectivity index (χ2v) is 5.60. The van der Waals surface area contributed by atoms with Crippen LogP contribution in [0.3, 0.4) is 0 Å². The van der Waals surface area contributed by atoms with Gasteiger partial charge in [0.1, 0.15) is 17.4 Å². The van der Waals surface area contributed by atoms with E-state index >= 15 is 0 Å². The number of esters is 2. The van der Waals surface area contributed by atoms with E-state index in [0.29, 0.717) is 5.56 Å². The quantitative estimate of drug-likeness (QED) is 0.308. The zero-order valence-corrected chi connectivity index (χ0v) is 16.2. The Kier molecular flexibility index (Phi) is 7.57. The maximum absolute atomic E-state index is 12.1. The molecule has 0 aromatic heterocycles. The lowest BCUT2D eigenvalue weighted by molar-refractivity contribution is -0.135. The molecule has 148 valence electrons. The summed E-state index contributed by atoms with van der Waals surface area (Å²) in [5, 5.41) is 9.04. The maximum Gasteiger partial charge on any atom is 0.348 e. The topological polar surface area (TPSA) is 94.9 Å². The summed E-state index contributed by atoms with van der Waals surface area (Å²) in [5.41, 5.74) is 1.15. The Morgan fingerprint density at radius 1 is 0.931 bits per heavy atom. The number of rotatable bonds is 7. The Morgan fingerprint density at radius 3 is 2.21 bits per heavy atom. The van der Waals surface area contributed by atoms with Crippen molar-refractivity contribution in [2.24, 2.45) is 0 Å². The minimum atomic E-state index is -0.745. The van der Waals surface area contributed by atoms with E-state index in [1.165, 1.54) is 38.5 Å². The van der Waals surface area contributed by atoms with Gasteiger partial charge in [-0.25, -0.2) is 9.59 Å². The van der Waals surface area contributed by atoms with Crippen molar-refractivity contribution in [3.63, 3.8) is 0 Å². The number of methoxy groups -OCH3 is 3. The van der Waals surface area contributed by atoms with Gasteiger partial charge in [0.25, 0.3) is 0 Å². The first-order valence-corrected chi connectivity index (χ1v) is 8.42. The van der Waals surface area contributed by atoms with Crippen LogP contribution in [0.15, 0.2) is 54.1 Å². The third-order valence-corrected chi connectivity index (χ3v) is 3.76. The zero-order valence-electron chi connectivity index (χ0n) is 16.2. The monoisotopic (exact) mass is 393 g/mol. The fraction of sp³-hybridized carbons (Fsp3) is 0.136. The van der Waals surface area contributed by atoms with E-state index < -0.39 is 11.9 Å². The van der Waals surface area contributed by atoms with Crippen molar-refractivity contribution in [3.8, 4) is 23.3 Å². The predicted octanol–water partition coefficient (Wildman–Crippen LogP) is 3.40. The average Bonchev–Trinajstić information content (AvgIpc) is 2.76. The Balaban J connectivity index is 2.14. The van der Waals surface area contributed by atoms with Crippen molar-refractivity contribution >= 4 is 24.1 Å². The number of hydrogen-bond donors (Lipinski definition) is 0. The summed E-state index contributed by atoms with van der Waals surface area (Å²) >= 11 is 0. The minimum Gasteiger partial charge on any atom is -0.497 e. The van der Waals surface area contributed by atoms with Crippen LogP contribution in [0.5, 0.6) is 17.2 Å². The van der Waals surface area contributed by atoms with Crippen LogP contribution in [-0.4, -0.2) is 33.3 Å². The van der Waals surface area contributed by atoms with E-state index in [1.807, 2.05) is 0 Å². The molecule has 0 heterocycles. The number of benzene rings is 2. The Labute approximate surface area is 168 Å². The van der Waals surface area contributed by atoms with E-state index in [1.54, 1.807) is 49.6 Å². The molecule has 7 heteroatoms. The lowest BCUT2D eigenvalue weighted by Gasteiger charge is -2.09. The number of hydrogen-bond acceptors (Lipinski definition) is 7. The van der Waals surface area contributed by atoms with Crippen molar-refractivity contribution < 1.29 is 28.5 Å². The van der Waals surface area contributed by atoms with Gasteiger partial charge in [-0.05, 0) is 47.5 Å². The van der Waals surface area contributed by atoms with Crippen LogP contribution >= 0.6 is 0 Å². The van der Waals surface area contributed by atoms with Gasteiger partial charge >= 0.3 is 11.9 Å². The average molecular weight is 393 g/mol. The molecule has 0 aliphatic heterocycles. The number of nitrogens with zero attached hydrogens (tertiary/aromatic N) is 1. The number of ether oxygens (including phenoxy) is 4. The molecule has 0 aliphatic carbocycles. The summed E-state index contributed by atoms with van der Waals surface area (Å²) in [4.78, 5) is 23.6. The molecule has 0 bridgehead atoms. The number of carbonyl (C=O) groups is 2. The van der Waals surface area contributed by atoms with Crippen LogP contribution in [0.4, 0.5) is 0 Å². The maximum atomic E-state index is 12.1. The standard InChI is InChI=1S/C22H19NO6/c1-26-18-8-4-15(5-9-18)7-11-21(24)29-19-10-6-16(13-20(19)27-2)12-17(14-23)22(25)28-3/h4-13H,1-3H3/b11-7+,17-12+. The molecule has 7 nitrogen and oxygen atoms in total. The van der Waals surface area contributed by atoms with E-state index in [2.05, 4.69) is 4.74 Å². The van der Waals surface area contributed by atoms with E-state index in [0.717, 1.165) is 11.3 Å². The molecular weight excluding hydrogens is 374 g/mol. The zero-order chi connectivity index (χ0) is 21.2. The third kappa shape index (κ3) is 5.97. The summed E-state index contributed by atoms with van der Waals surface area (Å²) in [6, 6.07) is 13.6. The lowest BCUT2D eigenvalue weighted by atomic mass is 10.1. The predicted molar refractivity (Wildman–Crippen MR) is 106 cm³/mol. The molecule has 0 saturated carbocycles. The molecule has 0 spiro atoms. The van der Waals surface area contributed by atoms with Crippen molar-refractivity contribution in [3.05, 3.63) is 65.2 Å². The molecule has 2 rings (SSSR count). The SMILES string of the molecule is COC(=O)/C(C#N)=C/c1ccc(OC(=O)/C=C/c2ccc(OC)cc2)c(OC)c1. The highest BCUT2D eigenvalue weighted by atomic mass is 16.6. The van der Waals surface area contributed by atoms with Gasteiger partial charge in [0, 0.05) is 6.08 Å². The van der Waals surface area contributed by atoms with Gasteiger partial charge in [-0.2, -0.15) is 5.26 Å². The van der Waals surface area contributed by atoms with Gasteiger partial charge in [-0.1, -0.05) is 18.2 Å². The van der Waals surface area contributed by atoms with Crippen molar-refractivity contribution in [1.82, 2.24) is 0 Å². The van der Waals surface area contributed by atoms with Crippen molar-refractivity contribution in [1.29, 1.82) is 5.26 Å². The molecule has 0 N–H and O–H groups in total. The first-order chi connectivity index (χ1) is 14.0. The third-order valence-electron chi connectivity index (χ3n) is 3.76. The molecule has 0 atom stereocenters. The van der Waals surface area contributed by atoms with E-state index in [-0.39, 0.29) is 17.1 Å². The minimum absolute atomic E-state index is 0.165. The normalized spacial score (nSPS) is 10.9. The number of carbonyl (C=O) groups excluding carboxylic acids is 2. The molecular formula is C22H19NO6. The molecule has 0 amide bonds. The molecule has 0 fully saturated rings. The van der Waals surface area contributed by atoms with Gasteiger partial charge < -0.3 is 18.9 Å².